The molecule has 1 aromatic carbocycles. The van der Waals surface area contributed by atoms with E-state index in [4.69, 9.17) is 17.0 Å². The minimum absolute atomic E-state index is 0.0398. The van der Waals surface area contributed by atoms with E-state index in [2.05, 4.69) is 11.0 Å². The molecule has 2 saturated heterocycles. The number of nitriles is 1. The van der Waals surface area contributed by atoms with Gasteiger partial charge in [0.25, 0.3) is 17.0 Å². The number of thiocarbonyl (C=S) groups is 1. The predicted octanol–water partition coefficient (Wildman–Crippen LogP) is 4.26. The second-order valence-electron chi connectivity index (χ2n) is 10.9. The lowest BCUT2D eigenvalue weighted by molar-refractivity contribution is -0.113. The van der Waals surface area contributed by atoms with Crippen molar-refractivity contribution in [3.63, 3.8) is 0 Å². The Morgan fingerprint density at radius 3 is 2.35 bits per heavy atom. The van der Waals surface area contributed by atoms with Crippen molar-refractivity contribution in [3.05, 3.63) is 78.3 Å². The number of morpholine rings is 1. The molecule has 0 spiro atoms. The molecule has 1 amide bonds. The molecule has 43 heavy (non-hydrogen) atoms. The van der Waals surface area contributed by atoms with Gasteiger partial charge in [-0.05, 0) is 57.9 Å². The highest BCUT2D eigenvalue weighted by Crippen LogP contribution is 2.39. The number of thioether (sulfide) groups is 1. The summed E-state index contributed by atoms with van der Waals surface area (Å²) in [6.45, 7) is 11.0. The summed E-state index contributed by atoms with van der Waals surface area (Å²) < 4.78 is 11.1. The average Bonchev–Trinajstić information content (AvgIpc) is 3.35. The van der Waals surface area contributed by atoms with Gasteiger partial charge in [0.15, 0.2) is 4.32 Å². The van der Waals surface area contributed by atoms with Crippen LogP contribution in [0.5, 0.6) is 0 Å². The summed E-state index contributed by atoms with van der Waals surface area (Å²) in [7, 11) is 1.76. The summed E-state index contributed by atoms with van der Waals surface area (Å²) in [5.74, 6) is 0.222. The number of amides is 1. The maximum atomic E-state index is 14.0. The Bertz CT molecular complexity index is 1800. The van der Waals surface area contributed by atoms with Crippen LogP contribution in [0.3, 0.4) is 0 Å². The molecule has 4 heterocycles. The minimum Gasteiger partial charge on any atom is -0.372 e. The summed E-state index contributed by atoms with van der Waals surface area (Å²) in [6.07, 6.45) is 2.24. The maximum Gasteiger partial charge on any atom is 0.296 e. The number of hydrogen-bond acceptors (Lipinski definition) is 8. The molecule has 10 nitrogen and oxygen atoms in total. The summed E-state index contributed by atoms with van der Waals surface area (Å²) >= 11 is 6.78. The lowest BCUT2D eigenvalue weighted by Crippen LogP contribution is -2.48. The fraction of sp³-hybridized carbons (Fsp3) is 0.387. The van der Waals surface area contributed by atoms with Crippen molar-refractivity contribution < 1.29 is 9.53 Å². The van der Waals surface area contributed by atoms with E-state index in [0.717, 1.165) is 11.8 Å². The van der Waals surface area contributed by atoms with Gasteiger partial charge in [-0.25, -0.2) is 4.68 Å². The van der Waals surface area contributed by atoms with E-state index in [1.165, 1.54) is 9.58 Å². The fourth-order valence-electron chi connectivity index (χ4n) is 5.87. The van der Waals surface area contributed by atoms with Crippen molar-refractivity contribution in [1.29, 1.82) is 5.26 Å². The Hall–Kier alpha value is -3.92. The highest BCUT2D eigenvalue weighted by atomic mass is 32.2. The zero-order valence-corrected chi connectivity index (χ0v) is 26.7. The van der Waals surface area contributed by atoms with Crippen molar-refractivity contribution >= 4 is 51.8 Å². The molecular formula is C31H34N6O4S2. The Morgan fingerprint density at radius 1 is 1.09 bits per heavy atom. The third kappa shape index (κ3) is 5.26. The first-order valence-electron chi connectivity index (χ1n) is 14.2. The first-order valence-corrected chi connectivity index (χ1v) is 15.4. The van der Waals surface area contributed by atoms with Gasteiger partial charge in [-0.15, -0.1) is 0 Å². The molecule has 5 rings (SSSR count). The topological polar surface area (TPSA) is 106 Å². The highest BCUT2D eigenvalue weighted by molar-refractivity contribution is 8.27. The molecule has 3 aromatic rings. The van der Waals surface area contributed by atoms with Crippen molar-refractivity contribution in [3.8, 4) is 11.8 Å². The number of carbonyl (C=O) groups excluding carboxylic acids is 1. The van der Waals surface area contributed by atoms with E-state index in [-0.39, 0.29) is 38.9 Å². The number of carbonyl (C=O) groups is 1. The second kappa shape index (κ2) is 12.0. The number of benzene rings is 1. The van der Waals surface area contributed by atoms with Crippen LogP contribution in [-0.2, 0) is 23.1 Å². The molecule has 12 heteroatoms. The Balaban J connectivity index is 1.68. The van der Waals surface area contributed by atoms with Gasteiger partial charge in [-0.2, -0.15) is 5.26 Å². The third-order valence-electron chi connectivity index (χ3n) is 7.83. The van der Waals surface area contributed by atoms with Gasteiger partial charge in [0, 0.05) is 32.2 Å². The van der Waals surface area contributed by atoms with Crippen molar-refractivity contribution in [1.82, 2.24) is 13.9 Å². The summed E-state index contributed by atoms with van der Waals surface area (Å²) in [4.78, 5) is 45.0. The van der Waals surface area contributed by atoms with Gasteiger partial charge in [0.1, 0.15) is 23.1 Å². The zero-order valence-electron chi connectivity index (χ0n) is 25.1. The van der Waals surface area contributed by atoms with Crippen molar-refractivity contribution in [2.75, 3.05) is 22.9 Å². The van der Waals surface area contributed by atoms with Crippen LogP contribution >= 0.6 is 24.0 Å². The largest absolute Gasteiger partial charge is 0.372 e. The van der Waals surface area contributed by atoms with Crippen molar-refractivity contribution in [2.45, 2.75) is 59.8 Å². The molecule has 2 unspecified atom stereocenters. The van der Waals surface area contributed by atoms with E-state index < -0.39 is 5.91 Å². The molecule has 224 valence electrons. The Labute approximate surface area is 259 Å². The summed E-state index contributed by atoms with van der Waals surface area (Å²) in [5.41, 5.74) is 1.88. The number of nitrogens with zero attached hydrogens (tertiary/aromatic N) is 6. The van der Waals surface area contributed by atoms with Gasteiger partial charge in [0.05, 0.1) is 28.5 Å². The molecule has 0 N–H and O–H groups in total. The second-order valence-corrected chi connectivity index (χ2v) is 12.6. The zero-order chi connectivity index (χ0) is 31.2. The number of rotatable bonds is 6. The van der Waals surface area contributed by atoms with Gasteiger partial charge in [-0.3, -0.25) is 28.5 Å². The minimum atomic E-state index is -0.429. The molecule has 0 bridgehead atoms. The number of pyridine rings is 1. The van der Waals surface area contributed by atoms with Crippen LogP contribution in [-0.4, -0.2) is 49.5 Å². The number of aromatic nitrogens is 3. The predicted molar refractivity (Wildman–Crippen MR) is 174 cm³/mol. The molecule has 2 atom stereocenters. The SMILES string of the molecule is CCCn1c(N2CC(C)OC(C)C2)c(/C=C2\SC(=S)N(c3c(C)n(C)n(-c4ccccc4)c3=O)C2=O)c(C)c(C#N)c1=O. The number of ether oxygens (including phenoxy) is 1. The van der Waals surface area contributed by atoms with Gasteiger partial charge in [0.2, 0.25) is 0 Å². The monoisotopic (exact) mass is 618 g/mol. The van der Waals surface area contributed by atoms with E-state index in [1.807, 2.05) is 51.1 Å². The third-order valence-corrected chi connectivity index (χ3v) is 9.13. The lowest BCUT2D eigenvalue weighted by Gasteiger charge is -2.39. The van der Waals surface area contributed by atoms with E-state index in [1.54, 1.807) is 36.2 Å². The fourth-order valence-corrected chi connectivity index (χ4v) is 7.12. The quantitative estimate of drug-likeness (QED) is 0.298. The molecule has 2 fully saturated rings. The molecule has 2 aliphatic heterocycles. The van der Waals surface area contributed by atoms with E-state index in [0.29, 0.717) is 59.3 Å². The normalized spacial score (nSPS) is 19.9. The smallest absolute Gasteiger partial charge is 0.296 e. The van der Waals surface area contributed by atoms with Crippen LogP contribution in [0.1, 0.15) is 49.6 Å². The standard InChI is InChI=1S/C31H34N6O4S2/c1-7-13-35-27(34-16-18(2)41-19(3)17-34)23(20(4)24(15-32)28(35)38)14-25-29(39)36(31(42)43-25)26-21(5)33(6)37(30(26)40)22-11-9-8-10-12-22/h8-12,14,18-19H,7,13,16-17H2,1-6H3/b25-14-. The van der Waals surface area contributed by atoms with Crippen LogP contribution in [0.4, 0.5) is 11.5 Å². The lowest BCUT2D eigenvalue weighted by atomic mass is 10.0. The van der Waals surface area contributed by atoms with Crippen LogP contribution in [0.25, 0.3) is 11.8 Å². The van der Waals surface area contributed by atoms with Gasteiger partial charge >= 0.3 is 0 Å². The Morgan fingerprint density at radius 2 is 1.74 bits per heavy atom. The molecule has 0 radical (unpaired) electrons. The maximum absolute atomic E-state index is 14.0. The number of hydrogen-bond donors (Lipinski definition) is 0. The molecule has 2 aliphatic rings. The van der Waals surface area contributed by atoms with Gasteiger partial charge < -0.3 is 9.64 Å². The average molecular weight is 619 g/mol. The molecule has 2 aromatic heterocycles. The van der Waals surface area contributed by atoms with Crippen LogP contribution in [0, 0.1) is 25.2 Å². The van der Waals surface area contributed by atoms with Gasteiger partial charge in [-0.1, -0.05) is 49.1 Å². The molecule has 0 saturated carbocycles. The first-order chi connectivity index (χ1) is 20.5. The summed E-state index contributed by atoms with van der Waals surface area (Å²) in [6, 6.07) is 11.3. The van der Waals surface area contributed by atoms with Crippen LogP contribution in [0.2, 0.25) is 0 Å². The van der Waals surface area contributed by atoms with E-state index >= 15 is 0 Å². The van der Waals surface area contributed by atoms with Crippen molar-refractivity contribution in [2.24, 2.45) is 7.05 Å². The number of anilines is 2. The number of para-hydroxylation sites is 1. The molecule has 0 aliphatic carbocycles. The van der Waals surface area contributed by atoms with Crippen LogP contribution in [0.15, 0.2) is 44.8 Å². The summed E-state index contributed by atoms with van der Waals surface area (Å²) in [5, 5.41) is 9.97. The molecular weight excluding hydrogens is 585 g/mol. The Kier molecular flexibility index (Phi) is 8.51. The highest BCUT2D eigenvalue weighted by Gasteiger charge is 2.38. The van der Waals surface area contributed by atoms with Crippen LogP contribution < -0.4 is 20.9 Å². The first kappa shape index (κ1) is 30.5. The van der Waals surface area contributed by atoms with E-state index in [9.17, 15) is 19.6 Å².